The van der Waals surface area contributed by atoms with Crippen molar-refractivity contribution in [3.8, 4) is 5.75 Å². The molecule has 11 nitrogen and oxygen atoms in total. The Morgan fingerprint density at radius 3 is 1.95 bits per heavy atom. The van der Waals surface area contributed by atoms with Crippen LogP contribution in [0.25, 0.3) is 0 Å². The maximum atomic E-state index is 13.4. The lowest BCUT2D eigenvalue weighted by molar-refractivity contribution is -0.384. The molecule has 0 N–H and O–H groups in total. The van der Waals surface area contributed by atoms with Gasteiger partial charge in [-0.05, 0) is 47.1 Å². The second-order valence-corrected chi connectivity index (χ2v) is 8.45. The molecule has 0 fully saturated rings. The van der Waals surface area contributed by atoms with Crippen LogP contribution in [0.4, 0.5) is 5.69 Å². The molecule has 11 heteroatoms. The highest BCUT2D eigenvalue weighted by Crippen LogP contribution is 2.46. The smallest absolute Gasteiger partial charge is 0.344 e. The quantitative estimate of drug-likeness (QED) is 0.156. The summed E-state index contributed by atoms with van der Waals surface area (Å²) >= 11 is 0. The number of benzene rings is 1. The molecular weight excluding hydrogens is 496 g/mol. The van der Waals surface area contributed by atoms with Gasteiger partial charge in [-0.2, -0.15) is 0 Å². The van der Waals surface area contributed by atoms with E-state index in [1.165, 1.54) is 18.2 Å². The first-order valence-electron chi connectivity index (χ1n) is 12.7. The molecule has 0 atom stereocenters. The van der Waals surface area contributed by atoms with Crippen LogP contribution in [0.15, 0.2) is 40.7 Å². The number of carbonyl (C=O) groups excluding carboxylic acids is 3. The Bertz CT molecular complexity index is 1080. The molecule has 0 amide bonds. The number of nitro groups is 1. The molecule has 2 rings (SSSR count). The highest BCUT2D eigenvalue weighted by molar-refractivity contribution is 6.00. The molecular formula is C27H36N2O9. The van der Waals surface area contributed by atoms with Crippen molar-refractivity contribution < 1.29 is 38.3 Å². The molecule has 1 aromatic rings. The van der Waals surface area contributed by atoms with Crippen LogP contribution >= 0.6 is 0 Å². The number of rotatable bonds is 13. The zero-order valence-corrected chi connectivity index (χ0v) is 22.8. The van der Waals surface area contributed by atoms with Crippen molar-refractivity contribution in [3.63, 3.8) is 0 Å². The molecule has 0 spiro atoms. The van der Waals surface area contributed by atoms with E-state index in [4.69, 9.17) is 18.9 Å². The van der Waals surface area contributed by atoms with Crippen LogP contribution in [-0.4, -0.2) is 60.7 Å². The van der Waals surface area contributed by atoms with Crippen LogP contribution in [-0.2, 0) is 28.6 Å². The number of hydrogen-bond donors (Lipinski definition) is 0. The lowest BCUT2D eigenvalue weighted by atomic mass is 9.79. The van der Waals surface area contributed by atoms with E-state index in [2.05, 4.69) is 0 Å². The van der Waals surface area contributed by atoms with Crippen molar-refractivity contribution >= 4 is 23.6 Å². The molecule has 38 heavy (non-hydrogen) atoms. The zero-order chi connectivity index (χ0) is 28.4. The van der Waals surface area contributed by atoms with E-state index in [1.54, 1.807) is 34.6 Å². The van der Waals surface area contributed by atoms with Gasteiger partial charge in [0.2, 0.25) is 0 Å². The van der Waals surface area contributed by atoms with Gasteiger partial charge < -0.3 is 23.8 Å². The van der Waals surface area contributed by atoms with Gasteiger partial charge in [0.05, 0.1) is 41.8 Å². The number of unbranched alkanes of at least 4 members (excludes halogenated alkanes) is 1. The molecule has 1 aliphatic heterocycles. The average molecular weight is 533 g/mol. The van der Waals surface area contributed by atoms with Gasteiger partial charge in [0, 0.05) is 35.6 Å². The molecule has 0 saturated carbocycles. The van der Waals surface area contributed by atoms with E-state index in [-0.39, 0.29) is 48.0 Å². The molecule has 0 aromatic heterocycles. The SMILES string of the molecule is CCCCN1C(C)=C(C(=O)OCC)C(c2cc([N+](=O)[O-])ccc2OCC(=O)OCC)C(C(=O)OCC)=C1C. The zero-order valence-electron chi connectivity index (χ0n) is 22.8. The Morgan fingerprint density at radius 2 is 1.47 bits per heavy atom. The standard InChI is InChI=1S/C27H36N2O9/c1-7-11-14-28-17(5)23(26(31)36-9-3)25(24(18(28)6)27(32)37-10-4)20-15-19(29(33)34)12-13-21(20)38-16-22(30)35-8-2/h12-13,15,25H,7-11,14,16H2,1-6H3. The Morgan fingerprint density at radius 1 is 0.921 bits per heavy atom. The number of hydrogen-bond acceptors (Lipinski definition) is 10. The maximum absolute atomic E-state index is 13.4. The number of carbonyl (C=O) groups is 3. The van der Waals surface area contributed by atoms with Crippen LogP contribution < -0.4 is 4.74 Å². The number of nitrogens with zero attached hydrogens (tertiary/aromatic N) is 2. The fourth-order valence-electron chi connectivity index (χ4n) is 4.36. The number of nitro benzene ring substituents is 1. The Labute approximate surface area is 222 Å². The van der Waals surface area contributed by atoms with E-state index >= 15 is 0 Å². The molecule has 1 aliphatic rings. The van der Waals surface area contributed by atoms with Crippen LogP contribution in [0.2, 0.25) is 0 Å². The van der Waals surface area contributed by atoms with E-state index in [0.29, 0.717) is 17.9 Å². The molecule has 0 bridgehead atoms. The van der Waals surface area contributed by atoms with Crippen LogP contribution in [0, 0.1) is 10.1 Å². The van der Waals surface area contributed by atoms with Gasteiger partial charge in [-0.15, -0.1) is 0 Å². The van der Waals surface area contributed by atoms with Gasteiger partial charge in [0.25, 0.3) is 5.69 Å². The third-order valence-electron chi connectivity index (χ3n) is 6.06. The van der Waals surface area contributed by atoms with E-state index in [9.17, 15) is 24.5 Å². The average Bonchev–Trinajstić information content (AvgIpc) is 2.87. The predicted octanol–water partition coefficient (Wildman–Crippen LogP) is 4.41. The Balaban J connectivity index is 2.87. The molecule has 0 saturated heterocycles. The normalized spacial score (nSPS) is 13.9. The van der Waals surface area contributed by atoms with E-state index in [1.807, 2.05) is 11.8 Å². The minimum absolute atomic E-state index is 0.0792. The van der Waals surface area contributed by atoms with Crippen LogP contribution in [0.3, 0.4) is 0 Å². The van der Waals surface area contributed by atoms with Gasteiger partial charge in [-0.25, -0.2) is 14.4 Å². The maximum Gasteiger partial charge on any atom is 0.344 e. The molecule has 1 heterocycles. The number of esters is 3. The van der Waals surface area contributed by atoms with Gasteiger partial charge >= 0.3 is 17.9 Å². The summed E-state index contributed by atoms with van der Waals surface area (Å²) in [4.78, 5) is 51.8. The Kier molecular flexibility index (Phi) is 11.3. The summed E-state index contributed by atoms with van der Waals surface area (Å²) in [5, 5.41) is 11.7. The van der Waals surface area contributed by atoms with Crippen molar-refractivity contribution in [1.82, 2.24) is 4.90 Å². The number of allylic oxidation sites excluding steroid dienone is 2. The van der Waals surface area contributed by atoms with Gasteiger partial charge in [0.15, 0.2) is 6.61 Å². The molecule has 208 valence electrons. The third-order valence-corrected chi connectivity index (χ3v) is 6.06. The van der Waals surface area contributed by atoms with Gasteiger partial charge in [-0.3, -0.25) is 10.1 Å². The summed E-state index contributed by atoms with van der Waals surface area (Å²) in [6.07, 6.45) is 1.66. The first kappa shape index (κ1) is 30.3. The number of ether oxygens (including phenoxy) is 4. The molecule has 0 aliphatic carbocycles. The molecule has 1 aromatic carbocycles. The molecule has 0 unspecified atom stereocenters. The second kappa shape index (κ2) is 14.2. The summed E-state index contributed by atoms with van der Waals surface area (Å²) in [6.45, 7) is 10.9. The lowest BCUT2D eigenvalue weighted by Gasteiger charge is -2.38. The van der Waals surface area contributed by atoms with Crippen molar-refractivity contribution in [2.24, 2.45) is 0 Å². The molecule has 0 radical (unpaired) electrons. The summed E-state index contributed by atoms with van der Waals surface area (Å²) in [6, 6.07) is 3.81. The van der Waals surface area contributed by atoms with Crippen molar-refractivity contribution in [3.05, 3.63) is 56.4 Å². The third kappa shape index (κ3) is 6.90. The second-order valence-electron chi connectivity index (χ2n) is 8.45. The summed E-state index contributed by atoms with van der Waals surface area (Å²) < 4.78 is 21.4. The largest absolute Gasteiger partial charge is 0.482 e. The highest BCUT2D eigenvalue weighted by Gasteiger charge is 2.42. The van der Waals surface area contributed by atoms with Gasteiger partial charge in [-0.1, -0.05) is 13.3 Å². The van der Waals surface area contributed by atoms with Crippen LogP contribution in [0.1, 0.15) is 65.9 Å². The van der Waals surface area contributed by atoms with Crippen molar-refractivity contribution in [1.29, 1.82) is 0 Å². The van der Waals surface area contributed by atoms with Gasteiger partial charge in [0.1, 0.15) is 5.75 Å². The number of non-ortho nitro benzene ring substituents is 1. The minimum Gasteiger partial charge on any atom is -0.482 e. The summed E-state index contributed by atoms with van der Waals surface area (Å²) in [7, 11) is 0. The summed E-state index contributed by atoms with van der Waals surface area (Å²) in [5.41, 5.74) is 1.25. The monoisotopic (exact) mass is 532 g/mol. The minimum atomic E-state index is -1.11. The van der Waals surface area contributed by atoms with E-state index in [0.717, 1.165) is 12.8 Å². The first-order chi connectivity index (χ1) is 18.1. The van der Waals surface area contributed by atoms with Crippen LogP contribution in [0.5, 0.6) is 5.75 Å². The predicted molar refractivity (Wildman–Crippen MR) is 138 cm³/mol. The first-order valence-corrected chi connectivity index (χ1v) is 12.7. The Hall–Kier alpha value is -3.89. The van der Waals surface area contributed by atoms with E-state index < -0.39 is 35.4 Å². The summed E-state index contributed by atoms with van der Waals surface area (Å²) in [5.74, 6) is -3.01. The highest BCUT2D eigenvalue weighted by atomic mass is 16.6. The fourth-order valence-corrected chi connectivity index (χ4v) is 4.36. The van der Waals surface area contributed by atoms with Crippen molar-refractivity contribution in [2.75, 3.05) is 33.0 Å². The lowest BCUT2D eigenvalue weighted by Crippen LogP contribution is -2.36. The van der Waals surface area contributed by atoms with Crippen molar-refractivity contribution in [2.45, 2.75) is 60.3 Å². The topological polar surface area (TPSA) is 135 Å². The fraction of sp³-hybridized carbons (Fsp3) is 0.519.